The molecule has 6 heteroatoms. The van der Waals surface area contributed by atoms with Crippen LogP contribution < -0.4 is 0 Å². The summed E-state index contributed by atoms with van der Waals surface area (Å²) in [5.74, 6) is -0.236. The molecule has 32 heavy (non-hydrogen) atoms. The molecule has 0 heterocycles. The normalized spacial score (nSPS) is 15.3. The summed E-state index contributed by atoms with van der Waals surface area (Å²) in [7, 11) is -4.39. The maximum absolute atomic E-state index is 12.7. The van der Waals surface area contributed by atoms with E-state index in [2.05, 4.69) is 80.9 Å². The Bertz CT molecular complexity index is 636. The highest BCUT2D eigenvalue weighted by atomic mass is 28.4. The Morgan fingerprint density at radius 1 is 0.812 bits per heavy atom. The average molecular weight is 485 g/mol. The van der Waals surface area contributed by atoms with Crippen LogP contribution in [0.4, 0.5) is 0 Å². The molecule has 0 aliphatic rings. The zero-order chi connectivity index (χ0) is 25.8. The van der Waals surface area contributed by atoms with E-state index in [9.17, 15) is 4.79 Å². The van der Waals surface area contributed by atoms with Gasteiger partial charge in [-0.1, -0.05) is 53.7 Å². The van der Waals surface area contributed by atoms with Crippen molar-refractivity contribution in [3.05, 3.63) is 25.3 Å². The van der Waals surface area contributed by atoms with Gasteiger partial charge >= 0.3 is 5.97 Å². The minimum absolute atomic E-state index is 0.00432. The Kier molecular flexibility index (Phi) is 10.5. The summed E-state index contributed by atoms with van der Waals surface area (Å²) in [6.45, 7) is 36.1. The van der Waals surface area contributed by atoms with E-state index in [1.807, 2.05) is 32.9 Å². The minimum Gasteiger partial charge on any atom is -0.462 e. The highest BCUT2D eigenvalue weighted by Gasteiger charge is 2.51. The van der Waals surface area contributed by atoms with Crippen molar-refractivity contribution in [2.75, 3.05) is 6.61 Å². The van der Waals surface area contributed by atoms with Gasteiger partial charge in [0.2, 0.25) is 0 Å². The van der Waals surface area contributed by atoms with Crippen molar-refractivity contribution >= 4 is 22.6 Å². The molecule has 0 aromatic heterocycles. The first-order valence-corrected chi connectivity index (χ1v) is 17.6. The highest BCUT2D eigenvalue weighted by molar-refractivity contribution is 6.74. The second kappa shape index (κ2) is 10.7. The molecular formula is C26H52O4Si2. The Hall–Kier alpha value is -0.696. The van der Waals surface area contributed by atoms with Crippen LogP contribution in [0.15, 0.2) is 25.3 Å². The number of ether oxygens (including phenoxy) is 1. The summed E-state index contributed by atoms with van der Waals surface area (Å²) in [5, 5.41) is 0.0224. The number of hydrogen-bond acceptors (Lipinski definition) is 4. The molecule has 0 unspecified atom stereocenters. The van der Waals surface area contributed by atoms with E-state index in [4.69, 9.17) is 13.6 Å². The van der Waals surface area contributed by atoms with Gasteiger partial charge in [-0.05, 0) is 69.9 Å². The van der Waals surface area contributed by atoms with Gasteiger partial charge in [0.05, 0.1) is 11.0 Å². The fraction of sp³-hybridized carbons (Fsp3) is 0.808. The molecule has 0 saturated heterocycles. The molecule has 0 fully saturated rings. The molecule has 0 aromatic carbocycles. The quantitative estimate of drug-likeness (QED) is 0.170. The molecule has 0 N–H and O–H groups in total. The first-order valence-electron chi connectivity index (χ1n) is 11.8. The minimum atomic E-state index is -2.20. The van der Waals surface area contributed by atoms with E-state index >= 15 is 0 Å². The fourth-order valence-corrected chi connectivity index (χ4v) is 5.81. The molecule has 0 aliphatic heterocycles. The Balaban J connectivity index is 6.56. The van der Waals surface area contributed by atoms with E-state index in [1.54, 1.807) is 0 Å². The highest BCUT2D eigenvalue weighted by Crippen LogP contribution is 2.45. The summed E-state index contributed by atoms with van der Waals surface area (Å²) in [6, 6.07) is 0. The summed E-state index contributed by atoms with van der Waals surface area (Å²) < 4.78 is 19.9. The van der Waals surface area contributed by atoms with E-state index in [1.165, 1.54) is 0 Å². The predicted molar refractivity (Wildman–Crippen MR) is 143 cm³/mol. The molecule has 188 valence electrons. The van der Waals surface area contributed by atoms with Crippen LogP contribution in [-0.4, -0.2) is 40.9 Å². The van der Waals surface area contributed by atoms with Crippen molar-refractivity contribution < 1.29 is 18.4 Å². The first kappa shape index (κ1) is 31.3. The zero-order valence-electron chi connectivity index (χ0n) is 23.4. The van der Waals surface area contributed by atoms with Crippen molar-refractivity contribution in [2.45, 2.75) is 123 Å². The van der Waals surface area contributed by atoms with Crippen LogP contribution in [0.1, 0.15) is 75.2 Å². The lowest BCUT2D eigenvalue weighted by Gasteiger charge is -2.51. The van der Waals surface area contributed by atoms with Crippen LogP contribution >= 0.6 is 0 Å². The van der Waals surface area contributed by atoms with Gasteiger partial charge in [-0.15, -0.1) is 13.2 Å². The molecule has 0 amide bonds. The number of carbonyl (C=O) groups is 1. The Morgan fingerprint density at radius 2 is 1.22 bits per heavy atom. The summed E-state index contributed by atoms with van der Waals surface area (Å²) >= 11 is 0. The molecule has 4 nitrogen and oxygen atoms in total. The largest absolute Gasteiger partial charge is 0.462 e. The molecule has 1 atom stereocenters. The second-order valence-electron chi connectivity index (χ2n) is 13.1. The van der Waals surface area contributed by atoms with Gasteiger partial charge in [0.1, 0.15) is 12.7 Å². The van der Waals surface area contributed by atoms with Crippen molar-refractivity contribution in [1.29, 1.82) is 0 Å². The molecule has 0 spiro atoms. The molecule has 0 aromatic rings. The third-order valence-electron chi connectivity index (χ3n) is 7.05. The van der Waals surface area contributed by atoms with Crippen LogP contribution in [0.5, 0.6) is 0 Å². The number of rotatable bonds is 11. The fourth-order valence-electron chi connectivity index (χ4n) is 2.84. The molecular weight excluding hydrogens is 432 g/mol. The number of esters is 1. The van der Waals surface area contributed by atoms with Crippen LogP contribution in [0.3, 0.4) is 0 Å². The van der Waals surface area contributed by atoms with Gasteiger partial charge in [-0.3, -0.25) is 4.79 Å². The van der Waals surface area contributed by atoms with Crippen LogP contribution in [0.25, 0.3) is 0 Å². The van der Waals surface area contributed by atoms with Crippen LogP contribution in [0, 0.1) is 5.41 Å². The topological polar surface area (TPSA) is 44.8 Å². The van der Waals surface area contributed by atoms with Crippen molar-refractivity contribution in [3.8, 4) is 0 Å². The molecule has 0 rings (SSSR count). The lowest BCUT2D eigenvalue weighted by molar-refractivity contribution is -0.161. The molecule has 0 bridgehead atoms. The molecule has 0 saturated carbocycles. The van der Waals surface area contributed by atoms with Gasteiger partial charge in [0.25, 0.3) is 0 Å². The van der Waals surface area contributed by atoms with Crippen molar-refractivity contribution in [2.24, 2.45) is 5.41 Å². The Labute approximate surface area is 201 Å². The zero-order valence-corrected chi connectivity index (χ0v) is 25.4. The van der Waals surface area contributed by atoms with Gasteiger partial charge in [-0.25, -0.2) is 0 Å². The van der Waals surface area contributed by atoms with E-state index in [0.717, 1.165) is 0 Å². The predicted octanol–water partition coefficient (Wildman–Crippen LogP) is 7.88. The second-order valence-corrected chi connectivity index (χ2v) is 22.6. The van der Waals surface area contributed by atoms with Crippen LogP contribution in [-0.2, 0) is 18.4 Å². The monoisotopic (exact) mass is 484 g/mol. The first-order chi connectivity index (χ1) is 14.1. The lowest BCUT2D eigenvalue weighted by Crippen LogP contribution is -2.60. The maximum atomic E-state index is 12.7. The summed E-state index contributed by atoms with van der Waals surface area (Å²) in [6.07, 6.45) is 4.56. The van der Waals surface area contributed by atoms with E-state index in [0.29, 0.717) is 12.8 Å². The average Bonchev–Trinajstić information content (AvgIpc) is 2.55. The third kappa shape index (κ3) is 8.26. The van der Waals surface area contributed by atoms with Crippen molar-refractivity contribution in [1.82, 2.24) is 0 Å². The van der Waals surface area contributed by atoms with Crippen molar-refractivity contribution in [3.63, 3.8) is 0 Å². The van der Waals surface area contributed by atoms with E-state index < -0.39 is 33.8 Å². The SMILES string of the molecule is C=CCC(CC=C)(O[Si](C)(C)C(C)(C)C)[C@@H](COC(=O)C(C)(C)C)O[Si](C)(C)C(C)(C)C. The Morgan fingerprint density at radius 3 is 1.53 bits per heavy atom. The maximum Gasteiger partial charge on any atom is 0.311 e. The lowest BCUT2D eigenvalue weighted by atomic mass is 9.89. The molecule has 0 aliphatic carbocycles. The van der Waals surface area contributed by atoms with Gasteiger partial charge in [-0.2, -0.15) is 0 Å². The van der Waals surface area contributed by atoms with Gasteiger partial charge in [0, 0.05) is 0 Å². The smallest absolute Gasteiger partial charge is 0.311 e. The summed E-state index contributed by atoms with van der Waals surface area (Å²) in [5.41, 5.74) is -1.28. The summed E-state index contributed by atoms with van der Waals surface area (Å²) in [4.78, 5) is 12.7. The number of carbonyl (C=O) groups excluding carboxylic acids is 1. The third-order valence-corrected chi connectivity index (χ3v) is 16.1. The van der Waals surface area contributed by atoms with Gasteiger partial charge in [0.15, 0.2) is 16.6 Å². The van der Waals surface area contributed by atoms with E-state index in [-0.39, 0.29) is 22.7 Å². The number of hydrogen-bond donors (Lipinski definition) is 0. The molecule has 0 radical (unpaired) electrons. The standard InChI is InChI=1S/C26H52O4Si2/c1-16-18-26(19-17-2,30-32(14,15)25(9,10)11)21(20-28-22(27)23(3,4)5)29-31(12,13)24(6,7)8/h16-17,21H,1-2,18-20H2,3-15H3/t21-/m1/s1. The van der Waals surface area contributed by atoms with Crippen LogP contribution in [0.2, 0.25) is 36.3 Å². The van der Waals surface area contributed by atoms with Gasteiger partial charge < -0.3 is 13.6 Å².